The van der Waals surface area contributed by atoms with Crippen LogP contribution in [-0.2, 0) is 9.47 Å². The summed E-state index contributed by atoms with van der Waals surface area (Å²) in [6.07, 6.45) is 1.87. The molecule has 2 aromatic heterocycles. The summed E-state index contributed by atoms with van der Waals surface area (Å²) in [7, 11) is 0. The number of nitrogens with two attached hydrogens (primary N) is 4. The van der Waals surface area contributed by atoms with Crippen molar-refractivity contribution in [3.8, 4) is 0 Å². The highest BCUT2D eigenvalue weighted by Gasteiger charge is 2.48. The predicted molar refractivity (Wildman–Crippen MR) is 175 cm³/mol. The van der Waals surface area contributed by atoms with E-state index in [1.165, 1.54) is 0 Å². The molecule has 3 heterocycles. The first kappa shape index (κ1) is 34.6. The number of carbonyl (C=O) groups excluding carboxylic acids is 1. The van der Waals surface area contributed by atoms with Gasteiger partial charge in [0, 0.05) is 41.5 Å². The molecular weight excluding hydrogens is 592 g/mol. The van der Waals surface area contributed by atoms with Gasteiger partial charge >= 0.3 is 0 Å². The maximum atomic E-state index is 12.7. The van der Waals surface area contributed by atoms with E-state index in [9.17, 15) is 20.1 Å². The Bertz CT molecular complexity index is 1420. The van der Waals surface area contributed by atoms with Crippen LogP contribution >= 0.6 is 0 Å². The number of benzene rings is 1. The number of rotatable bonds is 14. The Balaban J connectivity index is 0.996. The molecule has 254 valence electrons. The maximum absolute atomic E-state index is 12.7. The number of aliphatic hydroxyl groups is 3. The van der Waals surface area contributed by atoms with Crippen LogP contribution in [0, 0.1) is 0 Å². The van der Waals surface area contributed by atoms with Crippen LogP contribution in [0.3, 0.4) is 0 Å². The van der Waals surface area contributed by atoms with Gasteiger partial charge in [-0.1, -0.05) is 43.9 Å². The Morgan fingerprint density at radius 3 is 2.41 bits per heavy atom. The molecule has 1 aromatic carbocycles. The zero-order valence-corrected chi connectivity index (χ0v) is 26.1. The van der Waals surface area contributed by atoms with Gasteiger partial charge < -0.3 is 63.3 Å². The molecule has 2 fully saturated rings. The first-order valence-corrected chi connectivity index (χ1v) is 16.4. The number of aromatic nitrogens is 2. The number of para-hydroxylation sites is 1. The quantitative estimate of drug-likeness (QED) is 0.0978. The third-order valence-corrected chi connectivity index (χ3v) is 9.29. The molecule has 5 rings (SSSR count). The van der Waals surface area contributed by atoms with E-state index in [0.29, 0.717) is 25.2 Å². The summed E-state index contributed by atoms with van der Waals surface area (Å²) in [5.41, 5.74) is 26.7. The van der Waals surface area contributed by atoms with Crippen molar-refractivity contribution in [2.75, 3.05) is 19.6 Å². The van der Waals surface area contributed by atoms with Crippen molar-refractivity contribution in [3.63, 3.8) is 0 Å². The lowest BCUT2D eigenvalue weighted by Gasteiger charge is -2.47. The zero-order chi connectivity index (χ0) is 32.8. The van der Waals surface area contributed by atoms with E-state index in [1.54, 1.807) is 6.20 Å². The van der Waals surface area contributed by atoms with Gasteiger partial charge in [0.25, 0.3) is 5.91 Å². The fourth-order valence-corrected chi connectivity index (χ4v) is 6.55. The second kappa shape index (κ2) is 15.9. The van der Waals surface area contributed by atoms with Gasteiger partial charge in [-0.3, -0.25) is 4.79 Å². The third kappa shape index (κ3) is 7.85. The molecular formula is C32H50N8O6. The second-order valence-electron chi connectivity index (χ2n) is 12.6. The molecule has 1 amide bonds. The molecule has 10 atom stereocenters. The number of unbranched alkanes of at least 4 members (excludes halogenated alkanes) is 5. The molecule has 1 aliphatic heterocycles. The van der Waals surface area contributed by atoms with Crippen molar-refractivity contribution in [1.29, 1.82) is 0 Å². The van der Waals surface area contributed by atoms with Gasteiger partial charge in [-0.15, -0.1) is 0 Å². The van der Waals surface area contributed by atoms with Gasteiger partial charge in [0.05, 0.1) is 36.0 Å². The van der Waals surface area contributed by atoms with Crippen molar-refractivity contribution in [1.82, 2.24) is 20.6 Å². The number of pyridine rings is 1. The lowest BCUT2D eigenvalue weighted by Crippen LogP contribution is -2.69. The summed E-state index contributed by atoms with van der Waals surface area (Å²) in [4.78, 5) is 20.3. The number of aromatic amines is 1. The Morgan fingerprint density at radius 2 is 1.65 bits per heavy atom. The Hall–Kier alpha value is -2.76. The van der Waals surface area contributed by atoms with Crippen LogP contribution in [0.15, 0.2) is 36.5 Å². The summed E-state index contributed by atoms with van der Waals surface area (Å²) in [5, 5.41) is 39.8. The van der Waals surface area contributed by atoms with Gasteiger partial charge in [-0.25, -0.2) is 4.98 Å². The normalized spacial score (nSPS) is 31.8. The van der Waals surface area contributed by atoms with Gasteiger partial charge in [0.15, 0.2) is 6.29 Å². The minimum atomic E-state index is -1.28. The number of aliphatic hydroxyl groups excluding tert-OH is 3. The Morgan fingerprint density at radius 1 is 0.935 bits per heavy atom. The fraction of sp³-hybridized carbons (Fsp3) is 0.625. The minimum absolute atomic E-state index is 0.0219. The van der Waals surface area contributed by atoms with Crippen LogP contribution in [0.25, 0.3) is 21.8 Å². The van der Waals surface area contributed by atoms with E-state index in [1.807, 2.05) is 30.3 Å². The van der Waals surface area contributed by atoms with Crippen molar-refractivity contribution < 1.29 is 29.6 Å². The second-order valence-corrected chi connectivity index (χ2v) is 12.6. The number of ether oxygens (including phenoxy) is 2. The highest BCUT2D eigenvalue weighted by atomic mass is 16.7. The molecule has 14 nitrogen and oxygen atoms in total. The standard InChI is InChI=1S/C32H50N8O6/c33-15-24-28(42)29(43)25(36)32(45-24)46-30-20(35)14-19(34)27(41)26(30)37-11-7-3-1-2-4-8-12-38-31(44)22-13-18-17-9-5-6-10-21(17)40-23(18)16-39-22/h5-6,9-10,13,16,19-20,24-30,32,37,40-43H,1-4,7-8,11-12,14-15,33-36H2,(H,38,44)/t19-,20+,24-,25-,26-,27+,28-,29-,30-,32-/m1/s1. The van der Waals surface area contributed by atoms with Gasteiger partial charge in [0.1, 0.15) is 24.0 Å². The number of fused-ring (bicyclic) bond motifs is 3. The molecule has 1 aliphatic carbocycles. The number of nitrogens with zero attached hydrogens (tertiary/aromatic N) is 1. The summed E-state index contributed by atoms with van der Waals surface area (Å²) in [6.45, 7) is 1.19. The fourth-order valence-electron chi connectivity index (χ4n) is 6.55. The molecule has 46 heavy (non-hydrogen) atoms. The SMILES string of the molecule is NC[C@H]1O[C@H](O[C@H]2[C@H](NCCCCCCCCNC(=O)c3cc4c(cn3)[nH]c3ccccc34)[C@@H](O)[C@H](N)C[C@@H]2N)[C@H](N)[C@@H](O)[C@@H]1O. The van der Waals surface area contributed by atoms with Crippen molar-refractivity contribution in [3.05, 3.63) is 42.2 Å². The largest absolute Gasteiger partial charge is 0.390 e. The lowest BCUT2D eigenvalue weighted by atomic mass is 9.82. The number of carbonyl (C=O) groups is 1. The van der Waals surface area contributed by atoms with Crippen LogP contribution in [0.1, 0.15) is 55.4 Å². The van der Waals surface area contributed by atoms with Gasteiger partial charge in [0.2, 0.25) is 0 Å². The van der Waals surface area contributed by atoms with E-state index < -0.39 is 61.0 Å². The van der Waals surface area contributed by atoms with Gasteiger partial charge in [-0.05, 0) is 37.9 Å². The van der Waals surface area contributed by atoms with Crippen molar-refractivity contribution in [2.24, 2.45) is 22.9 Å². The smallest absolute Gasteiger partial charge is 0.269 e. The van der Waals surface area contributed by atoms with Crippen LogP contribution in [-0.4, -0.2) is 112 Å². The lowest BCUT2D eigenvalue weighted by molar-refractivity contribution is -0.279. The Labute approximate surface area is 268 Å². The first-order chi connectivity index (χ1) is 22.2. The van der Waals surface area contributed by atoms with Crippen molar-refractivity contribution in [2.45, 2.75) is 106 Å². The van der Waals surface area contributed by atoms with Crippen LogP contribution in [0.4, 0.5) is 0 Å². The average molecular weight is 643 g/mol. The topological polar surface area (TPSA) is 253 Å². The van der Waals surface area contributed by atoms with E-state index in [4.69, 9.17) is 32.4 Å². The van der Waals surface area contributed by atoms with E-state index in [2.05, 4.69) is 20.6 Å². The predicted octanol–water partition coefficient (Wildman–Crippen LogP) is -0.718. The molecule has 0 spiro atoms. The molecule has 14 N–H and O–H groups in total. The van der Waals surface area contributed by atoms with Gasteiger partial charge in [-0.2, -0.15) is 0 Å². The molecule has 3 aromatic rings. The first-order valence-electron chi connectivity index (χ1n) is 16.4. The minimum Gasteiger partial charge on any atom is -0.390 e. The summed E-state index contributed by atoms with van der Waals surface area (Å²) in [6, 6.07) is 7.23. The van der Waals surface area contributed by atoms with E-state index in [0.717, 1.165) is 60.3 Å². The maximum Gasteiger partial charge on any atom is 0.269 e. The van der Waals surface area contributed by atoms with E-state index in [-0.39, 0.29) is 12.5 Å². The molecule has 0 unspecified atom stereocenters. The van der Waals surface area contributed by atoms with Crippen LogP contribution in [0.2, 0.25) is 0 Å². The summed E-state index contributed by atoms with van der Waals surface area (Å²) in [5.74, 6) is -0.171. The zero-order valence-electron chi connectivity index (χ0n) is 26.1. The highest BCUT2D eigenvalue weighted by molar-refractivity contribution is 6.09. The number of amides is 1. The summed E-state index contributed by atoms with van der Waals surface area (Å²) >= 11 is 0. The average Bonchev–Trinajstić information content (AvgIpc) is 3.43. The number of hydrogen-bond acceptors (Lipinski definition) is 12. The summed E-state index contributed by atoms with van der Waals surface area (Å²) < 4.78 is 11.9. The van der Waals surface area contributed by atoms with Crippen LogP contribution < -0.4 is 33.6 Å². The van der Waals surface area contributed by atoms with E-state index >= 15 is 0 Å². The monoisotopic (exact) mass is 642 g/mol. The number of nitrogens with one attached hydrogen (secondary N) is 3. The molecule has 0 bridgehead atoms. The molecule has 1 saturated carbocycles. The molecule has 1 saturated heterocycles. The number of hydrogen-bond donors (Lipinski definition) is 10. The molecule has 2 aliphatic rings. The van der Waals surface area contributed by atoms with Crippen LogP contribution in [0.5, 0.6) is 0 Å². The Kier molecular flexibility index (Phi) is 11.9. The highest BCUT2D eigenvalue weighted by Crippen LogP contribution is 2.28. The van der Waals surface area contributed by atoms with Crippen molar-refractivity contribution >= 4 is 27.7 Å². The number of H-pyrrole nitrogens is 1. The third-order valence-electron chi connectivity index (χ3n) is 9.29. The molecule has 14 heteroatoms. The molecule has 0 radical (unpaired) electrons.